The number of aliphatic hydroxyl groups excluding tert-OH is 1. The molecule has 138 valence electrons. The maximum Gasteiger partial charge on any atom is 0.317 e. The molecule has 25 heavy (non-hydrogen) atoms. The van der Waals surface area contributed by atoms with E-state index in [2.05, 4.69) is 20.2 Å². The molecule has 2 N–H and O–H groups in total. The molecule has 2 aliphatic heterocycles. The van der Waals surface area contributed by atoms with Gasteiger partial charge in [0.15, 0.2) is 0 Å². The molecule has 1 aromatic heterocycles. The Morgan fingerprint density at radius 3 is 2.88 bits per heavy atom. The number of rotatable bonds is 5. The van der Waals surface area contributed by atoms with Gasteiger partial charge in [-0.05, 0) is 31.9 Å². The normalized spacial score (nSPS) is 24.5. The lowest BCUT2D eigenvalue weighted by atomic mass is 9.93. The van der Waals surface area contributed by atoms with E-state index in [0.29, 0.717) is 13.1 Å². The molecule has 2 aliphatic rings. The molecule has 7 nitrogen and oxygen atoms in total. The summed E-state index contributed by atoms with van der Waals surface area (Å²) in [6.07, 6.45) is 5.29. The highest BCUT2D eigenvalue weighted by Crippen LogP contribution is 2.19. The number of nitrogens with one attached hydrogen (secondary N) is 1. The lowest BCUT2D eigenvalue weighted by Gasteiger charge is -2.36. The molecule has 2 saturated heterocycles. The zero-order valence-corrected chi connectivity index (χ0v) is 15.0. The summed E-state index contributed by atoms with van der Waals surface area (Å²) in [6.45, 7) is 6.57. The Kier molecular flexibility index (Phi) is 6.20. The lowest BCUT2D eigenvalue weighted by molar-refractivity contribution is 0.0191. The monoisotopic (exact) mass is 347 g/mol. The van der Waals surface area contributed by atoms with Crippen molar-refractivity contribution in [1.29, 1.82) is 0 Å². The third kappa shape index (κ3) is 4.89. The van der Waals surface area contributed by atoms with Crippen LogP contribution in [0, 0.1) is 5.92 Å². The molecule has 1 aromatic rings. The van der Waals surface area contributed by atoms with Crippen LogP contribution in [-0.4, -0.2) is 69.7 Å². The molecule has 0 bridgehead atoms. The largest absolute Gasteiger partial charge is 0.391 e. The van der Waals surface area contributed by atoms with Gasteiger partial charge in [-0.15, -0.1) is 0 Å². The zero-order chi connectivity index (χ0) is 17.6. The molecule has 0 saturated carbocycles. The van der Waals surface area contributed by atoms with Crippen molar-refractivity contribution < 1.29 is 9.90 Å². The summed E-state index contributed by atoms with van der Waals surface area (Å²) in [5.74, 6) is 0.983. The van der Waals surface area contributed by atoms with Crippen molar-refractivity contribution in [3.63, 3.8) is 0 Å². The van der Waals surface area contributed by atoms with Gasteiger partial charge in [0.05, 0.1) is 11.8 Å². The van der Waals surface area contributed by atoms with Gasteiger partial charge in [0.1, 0.15) is 5.82 Å². The highest BCUT2D eigenvalue weighted by Gasteiger charge is 2.29. The van der Waals surface area contributed by atoms with Crippen molar-refractivity contribution in [3.05, 3.63) is 23.8 Å². The van der Waals surface area contributed by atoms with Gasteiger partial charge in [-0.3, -0.25) is 4.90 Å². The Morgan fingerprint density at radius 1 is 1.36 bits per heavy atom. The van der Waals surface area contributed by atoms with E-state index in [4.69, 9.17) is 0 Å². The van der Waals surface area contributed by atoms with Crippen LogP contribution in [0.2, 0.25) is 0 Å². The lowest BCUT2D eigenvalue weighted by Crippen LogP contribution is -2.49. The van der Waals surface area contributed by atoms with Crippen molar-refractivity contribution in [2.45, 2.75) is 45.3 Å². The number of aryl methyl sites for hydroxylation is 1. The minimum Gasteiger partial charge on any atom is -0.391 e. The third-order valence-corrected chi connectivity index (χ3v) is 5.18. The van der Waals surface area contributed by atoms with E-state index in [1.165, 1.54) is 0 Å². The van der Waals surface area contributed by atoms with E-state index in [1.54, 1.807) is 6.20 Å². The number of amides is 2. The number of β-amino-alcohol motifs (C(OH)–C–C–N with tert-alkyl or cyclic N) is 1. The minimum atomic E-state index is -0.417. The molecule has 0 aromatic carbocycles. The minimum absolute atomic E-state index is 0.0141. The quantitative estimate of drug-likeness (QED) is 0.831. The van der Waals surface area contributed by atoms with Gasteiger partial charge in [0, 0.05) is 51.3 Å². The van der Waals surface area contributed by atoms with Crippen molar-refractivity contribution in [3.8, 4) is 0 Å². The smallest absolute Gasteiger partial charge is 0.317 e. The van der Waals surface area contributed by atoms with E-state index in [1.807, 2.05) is 17.9 Å². The predicted octanol–water partition coefficient (Wildman–Crippen LogP) is 1.03. The molecule has 7 heteroatoms. The molecule has 3 heterocycles. The maximum absolute atomic E-state index is 12.1. The summed E-state index contributed by atoms with van der Waals surface area (Å²) in [4.78, 5) is 24.9. The van der Waals surface area contributed by atoms with Gasteiger partial charge >= 0.3 is 6.03 Å². The molecule has 3 rings (SSSR count). The predicted molar refractivity (Wildman–Crippen MR) is 95.0 cm³/mol. The zero-order valence-electron chi connectivity index (χ0n) is 15.0. The SMILES string of the molecule is CCc1nccc(CN2CC[C@@H](CNC(=O)N3CCCC3)[C@H](O)C2)n1. The second-order valence-corrected chi connectivity index (χ2v) is 7.05. The van der Waals surface area contributed by atoms with E-state index in [-0.39, 0.29) is 11.9 Å². The molecule has 0 aliphatic carbocycles. The fourth-order valence-electron chi connectivity index (χ4n) is 3.61. The van der Waals surface area contributed by atoms with Crippen molar-refractivity contribution in [2.75, 3.05) is 32.7 Å². The highest BCUT2D eigenvalue weighted by atomic mass is 16.3. The van der Waals surface area contributed by atoms with Crippen molar-refractivity contribution >= 4 is 6.03 Å². The fraction of sp³-hybridized carbons (Fsp3) is 0.722. The Bertz CT molecular complexity index is 576. The highest BCUT2D eigenvalue weighted by molar-refractivity contribution is 5.74. The van der Waals surface area contributed by atoms with Crippen LogP contribution < -0.4 is 5.32 Å². The van der Waals surface area contributed by atoms with Gasteiger partial charge in [0.2, 0.25) is 0 Å². The number of carbonyl (C=O) groups excluding carboxylic acids is 1. The summed E-state index contributed by atoms with van der Waals surface area (Å²) in [5, 5.41) is 13.4. The molecule has 2 amide bonds. The van der Waals surface area contributed by atoms with E-state index in [9.17, 15) is 9.90 Å². The van der Waals surface area contributed by atoms with E-state index < -0.39 is 6.10 Å². The van der Waals surface area contributed by atoms with Crippen LogP contribution in [0.15, 0.2) is 12.3 Å². The fourth-order valence-corrected chi connectivity index (χ4v) is 3.61. The van der Waals surface area contributed by atoms with Crippen LogP contribution in [0.25, 0.3) is 0 Å². The maximum atomic E-state index is 12.1. The number of aromatic nitrogens is 2. The van der Waals surface area contributed by atoms with Crippen LogP contribution >= 0.6 is 0 Å². The summed E-state index contributed by atoms with van der Waals surface area (Å²) < 4.78 is 0. The van der Waals surface area contributed by atoms with Crippen LogP contribution in [0.3, 0.4) is 0 Å². The first-order chi connectivity index (χ1) is 12.2. The van der Waals surface area contributed by atoms with Gasteiger partial charge in [-0.2, -0.15) is 0 Å². The van der Waals surface area contributed by atoms with Crippen molar-refractivity contribution in [2.24, 2.45) is 5.92 Å². The van der Waals surface area contributed by atoms with Crippen LogP contribution in [0.4, 0.5) is 4.79 Å². The topological polar surface area (TPSA) is 81.6 Å². The number of piperidine rings is 1. The first-order valence-electron chi connectivity index (χ1n) is 9.39. The van der Waals surface area contributed by atoms with Crippen LogP contribution in [0.5, 0.6) is 0 Å². The number of urea groups is 1. The number of aliphatic hydroxyl groups is 1. The van der Waals surface area contributed by atoms with Crippen LogP contribution in [-0.2, 0) is 13.0 Å². The average molecular weight is 347 g/mol. The van der Waals surface area contributed by atoms with E-state index in [0.717, 1.165) is 63.4 Å². The molecular formula is C18H29N5O2. The summed E-state index contributed by atoms with van der Waals surface area (Å²) in [7, 11) is 0. The van der Waals surface area contributed by atoms with Gasteiger partial charge < -0.3 is 15.3 Å². The van der Waals surface area contributed by atoms with E-state index >= 15 is 0 Å². The second-order valence-electron chi connectivity index (χ2n) is 7.05. The van der Waals surface area contributed by atoms with Crippen molar-refractivity contribution in [1.82, 2.24) is 25.1 Å². The Hall–Kier alpha value is -1.73. The number of carbonyl (C=O) groups is 1. The first-order valence-corrected chi connectivity index (χ1v) is 9.39. The van der Waals surface area contributed by atoms with Gasteiger partial charge in [-0.25, -0.2) is 14.8 Å². The first kappa shape index (κ1) is 18.1. The summed E-state index contributed by atoms with van der Waals surface area (Å²) in [6, 6.07) is 1.95. The standard InChI is InChI=1S/C18H29N5O2/c1-2-17-19-7-5-15(21-17)12-22-10-6-14(16(24)13-22)11-20-18(25)23-8-3-4-9-23/h5,7,14,16,24H,2-4,6,8-13H2,1H3,(H,20,25)/t14-,16+/m0/s1. The average Bonchev–Trinajstić information content (AvgIpc) is 3.16. The Labute approximate surface area is 149 Å². The molecule has 0 unspecified atom stereocenters. The Balaban J connectivity index is 1.44. The molecule has 0 radical (unpaired) electrons. The van der Waals surface area contributed by atoms with Crippen LogP contribution in [0.1, 0.15) is 37.7 Å². The third-order valence-electron chi connectivity index (χ3n) is 5.18. The summed E-state index contributed by atoms with van der Waals surface area (Å²) >= 11 is 0. The number of likely N-dealkylation sites (tertiary alicyclic amines) is 2. The molecule has 2 fully saturated rings. The number of hydrogen-bond acceptors (Lipinski definition) is 5. The molecule has 0 spiro atoms. The summed E-state index contributed by atoms with van der Waals surface area (Å²) in [5.41, 5.74) is 1.000. The number of nitrogens with zero attached hydrogens (tertiary/aromatic N) is 4. The number of hydrogen-bond donors (Lipinski definition) is 2. The molecule has 2 atom stereocenters. The molecular weight excluding hydrogens is 318 g/mol. The Morgan fingerprint density at radius 2 is 2.16 bits per heavy atom. The van der Waals surface area contributed by atoms with Gasteiger partial charge in [-0.1, -0.05) is 6.92 Å². The van der Waals surface area contributed by atoms with Gasteiger partial charge in [0.25, 0.3) is 0 Å². The second kappa shape index (κ2) is 8.58.